The van der Waals surface area contributed by atoms with Gasteiger partial charge in [0.2, 0.25) is 0 Å². The molecule has 1 aromatic carbocycles. The molecule has 6 heteroatoms. The first-order valence-corrected chi connectivity index (χ1v) is 6.71. The highest BCUT2D eigenvalue weighted by Crippen LogP contribution is 2.33. The molecule has 0 bridgehead atoms. The lowest BCUT2D eigenvalue weighted by Crippen LogP contribution is -2.10. The summed E-state index contributed by atoms with van der Waals surface area (Å²) in [6, 6.07) is 3.62. The van der Waals surface area contributed by atoms with Crippen LogP contribution in [0.2, 0.25) is 0 Å². The second-order valence-electron chi connectivity index (χ2n) is 4.18. The second kappa shape index (κ2) is 6.43. The number of benzene rings is 1. The van der Waals surface area contributed by atoms with Crippen molar-refractivity contribution in [1.82, 2.24) is 0 Å². The smallest absolute Gasteiger partial charge is 0.261 e. The normalized spacial score (nSPS) is 13.5. The van der Waals surface area contributed by atoms with Gasteiger partial charge < -0.3 is 9.47 Å². The van der Waals surface area contributed by atoms with E-state index in [1.165, 1.54) is 0 Å². The van der Waals surface area contributed by atoms with Crippen LogP contribution in [0.4, 0.5) is 8.78 Å². The van der Waals surface area contributed by atoms with Gasteiger partial charge in [0, 0.05) is 17.3 Å². The molecule has 0 saturated heterocycles. The van der Waals surface area contributed by atoms with Crippen LogP contribution in [0.5, 0.6) is 5.75 Å². The first-order chi connectivity index (χ1) is 9.08. The third kappa shape index (κ3) is 3.73. The zero-order chi connectivity index (χ0) is 13.8. The predicted octanol–water partition coefficient (Wildman–Crippen LogP) is 3.24. The van der Waals surface area contributed by atoms with Crippen molar-refractivity contribution in [2.75, 3.05) is 19.8 Å². The minimum atomic E-state index is -2.51. The van der Waals surface area contributed by atoms with Crippen LogP contribution >= 0.6 is 15.9 Å². The van der Waals surface area contributed by atoms with E-state index in [4.69, 9.17) is 9.47 Å². The number of hydrogen-bond donors (Lipinski definition) is 0. The van der Waals surface area contributed by atoms with Gasteiger partial charge >= 0.3 is 0 Å². The van der Waals surface area contributed by atoms with Gasteiger partial charge in [-0.15, -0.1) is 0 Å². The Hall–Kier alpha value is -1.01. The molecule has 0 spiro atoms. The van der Waals surface area contributed by atoms with Crippen molar-refractivity contribution < 1.29 is 23.0 Å². The summed E-state index contributed by atoms with van der Waals surface area (Å²) in [4.78, 5) is 12.0. The van der Waals surface area contributed by atoms with Gasteiger partial charge in [0.1, 0.15) is 12.4 Å². The van der Waals surface area contributed by atoms with E-state index < -0.39 is 13.0 Å². The van der Waals surface area contributed by atoms with E-state index in [0.29, 0.717) is 17.9 Å². The van der Waals surface area contributed by atoms with Crippen LogP contribution in [0.15, 0.2) is 16.6 Å². The van der Waals surface area contributed by atoms with Crippen molar-refractivity contribution in [2.24, 2.45) is 0 Å². The molecule has 2 rings (SSSR count). The number of halogens is 3. The van der Waals surface area contributed by atoms with E-state index >= 15 is 0 Å². The molecule has 3 nitrogen and oxygen atoms in total. The zero-order valence-electron chi connectivity index (χ0n) is 10.1. The molecular formula is C13H13BrF2O3. The number of Topliss-reactive ketones (excluding diaryl/α,β-unsaturated/α-hetero) is 1. The van der Waals surface area contributed by atoms with Gasteiger partial charge in [-0.25, -0.2) is 8.78 Å². The Balaban J connectivity index is 1.99. The van der Waals surface area contributed by atoms with Crippen LogP contribution in [-0.4, -0.2) is 32.0 Å². The zero-order valence-corrected chi connectivity index (χ0v) is 11.7. The lowest BCUT2D eigenvalue weighted by molar-refractivity contribution is 0.0169. The van der Waals surface area contributed by atoms with E-state index in [9.17, 15) is 13.6 Å². The SMILES string of the molecule is O=C(CCOCC(F)F)c1cc(Br)cc2c1OCC2. The summed E-state index contributed by atoms with van der Waals surface area (Å²) >= 11 is 3.35. The van der Waals surface area contributed by atoms with Gasteiger partial charge in [0.05, 0.1) is 18.8 Å². The predicted molar refractivity (Wildman–Crippen MR) is 69.1 cm³/mol. The van der Waals surface area contributed by atoms with Gasteiger partial charge in [-0.2, -0.15) is 0 Å². The molecule has 0 aromatic heterocycles. The number of carbonyl (C=O) groups excluding carboxylic acids is 1. The van der Waals surface area contributed by atoms with Crippen molar-refractivity contribution in [3.63, 3.8) is 0 Å². The summed E-state index contributed by atoms with van der Waals surface area (Å²) in [7, 11) is 0. The maximum Gasteiger partial charge on any atom is 0.261 e. The average Bonchev–Trinajstić information content (AvgIpc) is 2.80. The Bertz CT molecular complexity index is 477. The van der Waals surface area contributed by atoms with Crippen molar-refractivity contribution in [1.29, 1.82) is 0 Å². The Morgan fingerprint density at radius 1 is 1.47 bits per heavy atom. The lowest BCUT2D eigenvalue weighted by Gasteiger charge is -2.08. The number of hydrogen-bond acceptors (Lipinski definition) is 3. The van der Waals surface area contributed by atoms with Crippen molar-refractivity contribution >= 4 is 21.7 Å². The Labute approximate surface area is 118 Å². The summed E-state index contributed by atoms with van der Waals surface area (Å²) < 4.78 is 34.7. The quantitative estimate of drug-likeness (QED) is 0.591. The average molecular weight is 335 g/mol. The number of carbonyl (C=O) groups is 1. The van der Waals surface area contributed by atoms with E-state index in [2.05, 4.69) is 15.9 Å². The first-order valence-electron chi connectivity index (χ1n) is 5.92. The number of rotatable bonds is 6. The molecule has 0 radical (unpaired) electrons. The van der Waals surface area contributed by atoms with Gasteiger partial charge in [-0.3, -0.25) is 4.79 Å². The molecule has 0 atom stereocenters. The first kappa shape index (κ1) is 14.4. The number of alkyl halides is 2. The van der Waals surface area contributed by atoms with Gasteiger partial charge in [-0.1, -0.05) is 15.9 Å². The lowest BCUT2D eigenvalue weighted by atomic mass is 10.0. The summed E-state index contributed by atoms with van der Waals surface area (Å²) in [6.07, 6.45) is -1.66. The highest BCUT2D eigenvalue weighted by atomic mass is 79.9. The number of ketones is 1. The van der Waals surface area contributed by atoms with E-state index in [0.717, 1.165) is 16.5 Å². The van der Waals surface area contributed by atoms with Gasteiger partial charge in [0.25, 0.3) is 6.43 Å². The minimum absolute atomic E-state index is 0.00946. The molecule has 0 N–H and O–H groups in total. The maximum atomic E-state index is 12.0. The van der Waals surface area contributed by atoms with E-state index in [1.807, 2.05) is 6.07 Å². The molecule has 0 amide bonds. The number of fused-ring (bicyclic) bond motifs is 1. The van der Waals surface area contributed by atoms with E-state index in [-0.39, 0.29) is 18.8 Å². The fourth-order valence-corrected chi connectivity index (χ4v) is 2.45. The number of ether oxygens (including phenoxy) is 2. The summed E-state index contributed by atoms with van der Waals surface area (Å²) in [5.41, 5.74) is 1.48. The molecule has 1 aromatic rings. The minimum Gasteiger partial charge on any atom is -0.492 e. The van der Waals surface area contributed by atoms with Crippen molar-refractivity contribution in [3.8, 4) is 5.75 Å². The standard InChI is InChI=1S/C13H13BrF2O3/c14-9-5-8-1-4-19-13(8)10(6-9)11(17)2-3-18-7-12(15)16/h5-6,12H,1-4,7H2. The van der Waals surface area contributed by atoms with Crippen LogP contribution in [-0.2, 0) is 11.2 Å². The molecule has 19 heavy (non-hydrogen) atoms. The van der Waals surface area contributed by atoms with E-state index in [1.54, 1.807) is 6.07 Å². The topological polar surface area (TPSA) is 35.5 Å². The third-order valence-corrected chi connectivity index (χ3v) is 3.22. The molecule has 0 unspecified atom stereocenters. The molecule has 104 valence electrons. The molecular weight excluding hydrogens is 322 g/mol. The fraction of sp³-hybridized carbons (Fsp3) is 0.462. The Morgan fingerprint density at radius 2 is 2.26 bits per heavy atom. The highest BCUT2D eigenvalue weighted by molar-refractivity contribution is 9.10. The molecule has 0 fully saturated rings. The van der Waals surface area contributed by atoms with Crippen molar-refractivity contribution in [2.45, 2.75) is 19.3 Å². The van der Waals surface area contributed by atoms with Crippen molar-refractivity contribution in [3.05, 3.63) is 27.7 Å². The van der Waals surface area contributed by atoms with Crippen LogP contribution in [0, 0.1) is 0 Å². The van der Waals surface area contributed by atoms with Gasteiger partial charge in [-0.05, 0) is 17.7 Å². The molecule has 0 saturated carbocycles. The summed E-state index contributed by atoms with van der Waals surface area (Å²) in [5, 5.41) is 0. The summed E-state index contributed by atoms with van der Waals surface area (Å²) in [6.45, 7) is -0.0845. The maximum absolute atomic E-state index is 12.0. The Kier molecular flexibility index (Phi) is 4.87. The molecule has 1 aliphatic heterocycles. The Morgan fingerprint density at radius 3 is 3.00 bits per heavy atom. The molecule has 1 heterocycles. The molecule has 0 aliphatic carbocycles. The third-order valence-electron chi connectivity index (χ3n) is 2.77. The van der Waals surface area contributed by atoms with Crippen LogP contribution in [0.25, 0.3) is 0 Å². The highest BCUT2D eigenvalue weighted by Gasteiger charge is 2.21. The largest absolute Gasteiger partial charge is 0.492 e. The second-order valence-corrected chi connectivity index (χ2v) is 5.09. The molecule has 1 aliphatic rings. The van der Waals surface area contributed by atoms with Crippen LogP contribution in [0.1, 0.15) is 22.3 Å². The fourth-order valence-electron chi connectivity index (χ4n) is 1.95. The van der Waals surface area contributed by atoms with Gasteiger partial charge in [0.15, 0.2) is 5.78 Å². The summed E-state index contributed by atoms with van der Waals surface area (Å²) in [5.74, 6) is 0.454. The monoisotopic (exact) mass is 334 g/mol. The van der Waals surface area contributed by atoms with Crippen LogP contribution < -0.4 is 4.74 Å². The van der Waals surface area contributed by atoms with Crippen LogP contribution in [0.3, 0.4) is 0 Å².